The summed E-state index contributed by atoms with van der Waals surface area (Å²) >= 11 is 0. The zero-order chi connectivity index (χ0) is 23.3. The van der Waals surface area contributed by atoms with E-state index in [1.807, 2.05) is 6.92 Å². The smallest absolute Gasteiger partial charge is 0.0794 e. The molecule has 2 heteroatoms. The van der Waals surface area contributed by atoms with Crippen LogP contribution in [0.15, 0.2) is 22.3 Å². The van der Waals surface area contributed by atoms with E-state index in [1.54, 1.807) is 0 Å². The molecule has 0 aromatic rings. The van der Waals surface area contributed by atoms with E-state index in [9.17, 15) is 5.11 Å². The van der Waals surface area contributed by atoms with Crippen LogP contribution in [0.25, 0.3) is 0 Å². The second-order valence-electron chi connectivity index (χ2n) is 12.9. The van der Waals surface area contributed by atoms with Gasteiger partial charge in [-0.15, -0.1) is 0 Å². The van der Waals surface area contributed by atoms with Gasteiger partial charge in [-0.2, -0.15) is 0 Å². The van der Waals surface area contributed by atoms with Crippen LogP contribution in [-0.2, 0) is 18.6 Å². The molecule has 1 nitrogen and oxygen atoms in total. The van der Waals surface area contributed by atoms with Crippen LogP contribution < -0.4 is 0 Å². The van der Waals surface area contributed by atoms with Crippen LogP contribution in [-0.4, -0.2) is 10.7 Å². The summed E-state index contributed by atoms with van der Waals surface area (Å²) in [4.78, 5) is 0. The Bertz CT molecular complexity index is 641. The second-order valence-corrected chi connectivity index (χ2v) is 12.9. The summed E-state index contributed by atoms with van der Waals surface area (Å²) in [5.74, 6) is 0. The molecule has 0 rings (SSSR count). The minimum absolute atomic E-state index is 0. The quantitative estimate of drug-likeness (QED) is 0.422. The van der Waals surface area contributed by atoms with Crippen LogP contribution in [0, 0.1) is 27.1 Å². The Morgan fingerprint density at radius 3 is 0.931 bits per heavy atom. The van der Waals surface area contributed by atoms with Crippen molar-refractivity contribution in [2.75, 3.05) is 0 Å². The third-order valence-electron chi connectivity index (χ3n) is 9.37. The molecule has 29 heavy (non-hydrogen) atoms. The van der Waals surface area contributed by atoms with Crippen molar-refractivity contribution in [1.29, 1.82) is 0 Å². The third-order valence-corrected chi connectivity index (χ3v) is 9.37. The van der Waals surface area contributed by atoms with E-state index in [0.29, 0.717) is 0 Å². The summed E-state index contributed by atoms with van der Waals surface area (Å²) in [5.41, 5.74) is 3.98. The molecule has 0 fully saturated rings. The van der Waals surface area contributed by atoms with Gasteiger partial charge in [0.25, 0.3) is 0 Å². The Labute approximate surface area is 196 Å². The average molecular weight is 444 g/mol. The zero-order valence-electron chi connectivity index (χ0n) is 22.9. The standard InChI is InChI=1S/C27H52O.V/c1-18(22(5,6)7)19(2)25(13,14)27(17,28)26(15,16)21(4)20(3)24(11,12)23(8,9)10;/h28H,1-17H3;/b19-18-,21-20-;. The van der Waals surface area contributed by atoms with Gasteiger partial charge in [0.2, 0.25) is 0 Å². The first kappa shape index (κ1) is 31.2. The number of allylic oxidation sites excluding steroid dienone is 2. The minimum atomic E-state index is -0.907. The fourth-order valence-corrected chi connectivity index (χ4v) is 4.04. The Hall–Kier alpha value is 0.0244. The van der Waals surface area contributed by atoms with Crippen LogP contribution >= 0.6 is 0 Å². The van der Waals surface area contributed by atoms with E-state index in [4.69, 9.17) is 0 Å². The first-order valence-electron chi connectivity index (χ1n) is 11.0. The molecule has 0 aliphatic carbocycles. The zero-order valence-corrected chi connectivity index (χ0v) is 24.3. The summed E-state index contributed by atoms with van der Waals surface area (Å²) in [5, 5.41) is 12.1. The van der Waals surface area contributed by atoms with Gasteiger partial charge >= 0.3 is 0 Å². The van der Waals surface area contributed by atoms with Crippen molar-refractivity contribution >= 4 is 0 Å². The molecule has 1 N–H and O–H groups in total. The van der Waals surface area contributed by atoms with Gasteiger partial charge in [0, 0.05) is 29.4 Å². The molecular formula is C27H52OV. The number of hydrogen-bond acceptors (Lipinski definition) is 1. The van der Waals surface area contributed by atoms with E-state index >= 15 is 0 Å². The third kappa shape index (κ3) is 5.45. The number of aliphatic hydroxyl groups is 1. The predicted molar refractivity (Wildman–Crippen MR) is 128 cm³/mol. The molecule has 0 aliphatic rings. The Morgan fingerprint density at radius 1 is 0.448 bits per heavy atom. The van der Waals surface area contributed by atoms with E-state index in [0.717, 1.165) is 0 Å². The summed E-state index contributed by atoms with van der Waals surface area (Å²) in [6.45, 7) is 38.1. The second kappa shape index (κ2) is 8.87. The summed E-state index contributed by atoms with van der Waals surface area (Å²) in [6, 6.07) is 0. The molecule has 0 aromatic carbocycles. The van der Waals surface area contributed by atoms with Gasteiger partial charge in [-0.1, -0.05) is 105 Å². The fraction of sp³-hybridized carbons (Fsp3) is 0.852. The normalized spacial score (nSPS) is 18.4. The van der Waals surface area contributed by atoms with E-state index in [-0.39, 0.29) is 45.6 Å². The molecule has 0 heterocycles. The van der Waals surface area contributed by atoms with Gasteiger partial charge in [-0.25, -0.2) is 0 Å². The van der Waals surface area contributed by atoms with E-state index in [1.165, 1.54) is 22.3 Å². The maximum absolute atomic E-state index is 12.1. The molecule has 1 radical (unpaired) electrons. The van der Waals surface area contributed by atoms with Gasteiger partial charge < -0.3 is 5.11 Å². The number of rotatable bonds is 5. The van der Waals surface area contributed by atoms with Crippen LogP contribution in [0.1, 0.15) is 118 Å². The average Bonchev–Trinajstić information content (AvgIpc) is 2.49. The molecule has 1 atom stereocenters. The maximum Gasteiger partial charge on any atom is 0.0794 e. The van der Waals surface area contributed by atoms with E-state index in [2.05, 4.69) is 111 Å². The van der Waals surface area contributed by atoms with Crippen LogP contribution in [0.2, 0.25) is 0 Å². The van der Waals surface area contributed by atoms with Gasteiger partial charge in [0.05, 0.1) is 5.60 Å². The van der Waals surface area contributed by atoms with Crippen molar-refractivity contribution in [3.05, 3.63) is 22.3 Å². The van der Waals surface area contributed by atoms with Gasteiger partial charge in [-0.3, -0.25) is 0 Å². The predicted octanol–water partition coefficient (Wildman–Crippen LogP) is 8.58. The van der Waals surface area contributed by atoms with Crippen LogP contribution in [0.5, 0.6) is 0 Å². The Morgan fingerprint density at radius 2 is 0.690 bits per heavy atom. The van der Waals surface area contributed by atoms with Gasteiger partial charge in [0.15, 0.2) is 0 Å². The van der Waals surface area contributed by atoms with Crippen molar-refractivity contribution < 1.29 is 23.7 Å². The molecule has 0 saturated carbocycles. The van der Waals surface area contributed by atoms with Crippen LogP contribution in [0.4, 0.5) is 0 Å². The molecule has 0 aliphatic heterocycles. The molecule has 0 spiro atoms. The van der Waals surface area contributed by atoms with Crippen molar-refractivity contribution in [2.45, 2.75) is 123 Å². The van der Waals surface area contributed by atoms with Crippen molar-refractivity contribution in [1.82, 2.24) is 0 Å². The Kier molecular flexibility index (Phi) is 9.55. The first-order valence-corrected chi connectivity index (χ1v) is 11.0. The van der Waals surface area contributed by atoms with Gasteiger partial charge in [0.1, 0.15) is 0 Å². The molecule has 0 amide bonds. The largest absolute Gasteiger partial charge is 0.388 e. The molecule has 171 valence electrons. The molecule has 1 unspecified atom stereocenters. The topological polar surface area (TPSA) is 20.2 Å². The maximum atomic E-state index is 12.1. The monoisotopic (exact) mass is 443 g/mol. The molecule has 0 aromatic heterocycles. The molecular weight excluding hydrogens is 391 g/mol. The Balaban J connectivity index is 0. The number of hydrogen-bond donors (Lipinski definition) is 1. The van der Waals surface area contributed by atoms with Crippen molar-refractivity contribution in [3.8, 4) is 0 Å². The van der Waals surface area contributed by atoms with E-state index < -0.39 is 5.60 Å². The van der Waals surface area contributed by atoms with Gasteiger partial charge in [-0.05, 0) is 50.9 Å². The molecule has 0 bridgehead atoms. The van der Waals surface area contributed by atoms with Crippen molar-refractivity contribution in [2.24, 2.45) is 27.1 Å². The molecule has 0 saturated heterocycles. The minimum Gasteiger partial charge on any atom is -0.388 e. The van der Waals surface area contributed by atoms with Crippen LogP contribution in [0.3, 0.4) is 0 Å². The van der Waals surface area contributed by atoms with Crippen molar-refractivity contribution in [3.63, 3.8) is 0 Å². The first-order chi connectivity index (χ1) is 11.9. The fourth-order valence-electron chi connectivity index (χ4n) is 4.04. The summed E-state index contributed by atoms with van der Waals surface area (Å²) < 4.78 is 0. The SMILES string of the molecule is C/C(=C(\C)C(C)(C)C(C)(O)C(C)(C)/C(C)=C(/C)C(C)(C)C(C)(C)C)C(C)(C)C.[V]. The summed E-state index contributed by atoms with van der Waals surface area (Å²) in [7, 11) is 0. The summed E-state index contributed by atoms with van der Waals surface area (Å²) in [6.07, 6.45) is 0.